The second kappa shape index (κ2) is 5.61. The van der Waals surface area contributed by atoms with Crippen molar-refractivity contribution in [2.24, 2.45) is 0 Å². The van der Waals surface area contributed by atoms with Crippen molar-refractivity contribution < 1.29 is 17.9 Å². The van der Waals surface area contributed by atoms with Crippen LogP contribution in [0.3, 0.4) is 0 Å². The lowest BCUT2D eigenvalue weighted by molar-refractivity contribution is 0.0824. The predicted molar refractivity (Wildman–Crippen MR) is 78.0 cm³/mol. The molecular weight excluding hydrogens is 292 g/mol. The van der Waals surface area contributed by atoms with Gasteiger partial charge in [-0.2, -0.15) is 0 Å². The molecular formula is C14H16N2O4S. The molecule has 0 radical (unpaired) electrons. The Balaban J connectivity index is 2.58. The Labute approximate surface area is 123 Å². The number of amides is 1. The van der Waals surface area contributed by atoms with Crippen molar-refractivity contribution in [2.75, 3.05) is 21.2 Å². The molecule has 0 saturated carbocycles. The number of hydrogen-bond acceptors (Lipinski definition) is 4. The third-order valence-corrected chi connectivity index (χ3v) is 4.61. The molecule has 21 heavy (non-hydrogen) atoms. The minimum Gasteiger partial charge on any atom is -0.496 e. The Morgan fingerprint density at radius 3 is 2.33 bits per heavy atom. The third-order valence-electron chi connectivity index (χ3n) is 2.96. The number of ether oxygens (including phenoxy) is 1. The van der Waals surface area contributed by atoms with Gasteiger partial charge in [-0.1, -0.05) is 0 Å². The van der Waals surface area contributed by atoms with Crippen LogP contribution in [-0.4, -0.2) is 44.4 Å². The second-order valence-electron chi connectivity index (χ2n) is 4.58. The highest BCUT2D eigenvalue weighted by Crippen LogP contribution is 2.24. The summed E-state index contributed by atoms with van der Waals surface area (Å²) >= 11 is 0. The molecule has 0 unspecified atom stereocenters. The summed E-state index contributed by atoms with van der Waals surface area (Å²) in [6.07, 6.45) is 2.88. The molecule has 0 bridgehead atoms. The van der Waals surface area contributed by atoms with Gasteiger partial charge in [-0.05, 0) is 30.3 Å². The summed E-state index contributed by atoms with van der Waals surface area (Å²) in [5, 5.41) is 0. The van der Waals surface area contributed by atoms with Crippen molar-refractivity contribution in [1.82, 2.24) is 8.87 Å². The molecule has 1 aromatic carbocycles. The van der Waals surface area contributed by atoms with Gasteiger partial charge in [0.05, 0.1) is 17.6 Å². The average molecular weight is 308 g/mol. The van der Waals surface area contributed by atoms with Crippen LogP contribution < -0.4 is 4.74 Å². The molecule has 0 aliphatic carbocycles. The van der Waals surface area contributed by atoms with Gasteiger partial charge in [0.1, 0.15) is 5.75 Å². The van der Waals surface area contributed by atoms with Gasteiger partial charge in [0, 0.05) is 26.5 Å². The highest BCUT2D eigenvalue weighted by atomic mass is 32.2. The van der Waals surface area contributed by atoms with Crippen LogP contribution in [0, 0.1) is 0 Å². The van der Waals surface area contributed by atoms with Crippen molar-refractivity contribution >= 4 is 15.9 Å². The lowest BCUT2D eigenvalue weighted by Crippen LogP contribution is -2.23. The second-order valence-corrected chi connectivity index (χ2v) is 6.42. The van der Waals surface area contributed by atoms with Gasteiger partial charge in [0.2, 0.25) is 0 Å². The first-order chi connectivity index (χ1) is 9.87. The van der Waals surface area contributed by atoms with Crippen molar-refractivity contribution in [1.29, 1.82) is 0 Å². The first kappa shape index (κ1) is 15.1. The Bertz CT molecular complexity index is 749. The molecule has 1 amide bonds. The minimum absolute atomic E-state index is 0.0321. The number of aromatic nitrogens is 1. The fourth-order valence-corrected chi connectivity index (χ4v) is 3.07. The summed E-state index contributed by atoms with van der Waals surface area (Å²) < 4.78 is 31.1. The van der Waals surface area contributed by atoms with Gasteiger partial charge in [-0.3, -0.25) is 4.79 Å². The maximum absolute atomic E-state index is 12.4. The molecule has 0 aliphatic heterocycles. The molecule has 0 atom stereocenters. The molecule has 0 fully saturated rings. The van der Waals surface area contributed by atoms with E-state index < -0.39 is 10.0 Å². The maximum Gasteiger partial charge on any atom is 0.267 e. The van der Waals surface area contributed by atoms with Crippen LogP contribution in [0.2, 0.25) is 0 Å². The molecule has 0 saturated heterocycles. The molecule has 112 valence electrons. The predicted octanol–water partition coefficient (Wildman–Crippen LogP) is 1.44. The molecule has 2 aromatic rings. The van der Waals surface area contributed by atoms with E-state index >= 15 is 0 Å². The molecule has 0 spiro atoms. The number of rotatable bonds is 4. The summed E-state index contributed by atoms with van der Waals surface area (Å²) in [6, 6.07) is 7.46. The summed E-state index contributed by atoms with van der Waals surface area (Å²) in [5.41, 5.74) is 0.204. The zero-order chi connectivity index (χ0) is 15.6. The Hall–Kier alpha value is -2.28. The van der Waals surface area contributed by atoms with E-state index in [1.807, 2.05) is 0 Å². The van der Waals surface area contributed by atoms with Crippen LogP contribution in [0.15, 0.2) is 47.6 Å². The van der Waals surface area contributed by atoms with Gasteiger partial charge in [-0.15, -0.1) is 0 Å². The molecule has 7 heteroatoms. The monoisotopic (exact) mass is 308 g/mol. The third kappa shape index (κ3) is 2.78. The number of nitrogens with zero attached hydrogens (tertiary/aromatic N) is 2. The molecule has 0 aliphatic rings. The van der Waals surface area contributed by atoms with E-state index in [0.29, 0.717) is 5.75 Å². The first-order valence-corrected chi connectivity index (χ1v) is 7.60. The van der Waals surface area contributed by atoms with Gasteiger partial charge in [0.15, 0.2) is 0 Å². The van der Waals surface area contributed by atoms with Gasteiger partial charge in [0.25, 0.3) is 15.9 Å². The summed E-state index contributed by atoms with van der Waals surface area (Å²) in [6.45, 7) is 0. The summed E-state index contributed by atoms with van der Waals surface area (Å²) in [7, 11) is 0.905. The lowest BCUT2D eigenvalue weighted by Gasteiger charge is -2.15. The van der Waals surface area contributed by atoms with Crippen molar-refractivity contribution in [3.05, 3.63) is 48.3 Å². The Kier molecular flexibility index (Phi) is 4.04. The number of benzene rings is 1. The van der Waals surface area contributed by atoms with Crippen molar-refractivity contribution in [3.63, 3.8) is 0 Å². The minimum atomic E-state index is -3.71. The highest BCUT2D eigenvalue weighted by molar-refractivity contribution is 7.90. The maximum atomic E-state index is 12.4. The van der Waals surface area contributed by atoms with Crippen LogP contribution in [-0.2, 0) is 10.0 Å². The van der Waals surface area contributed by atoms with Crippen molar-refractivity contribution in [2.45, 2.75) is 4.90 Å². The van der Waals surface area contributed by atoms with Crippen LogP contribution in [0.25, 0.3) is 0 Å². The molecule has 0 N–H and O–H groups in total. The standard InChI is InChI=1S/C14H16N2O4S/c1-15(2)14(17)12-10-11(6-7-13(12)20-3)21(18,19)16-8-4-5-9-16/h4-10H,1-3H3. The van der Waals surface area contributed by atoms with Gasteiger partial charge in [-0.25, -0.2) is 12.4 Å². The summed E-state index contributed by atoms with van der Waals surface area (Å²) in [5.74, 6) is 0.0107. The van der Waals surface area contributed by atoms with Gasteiger partial charge < -0.3 is 9.64 Å². The number of methoxy groups -OCH3 is 1. The van der Waals surface area contributed by atoms with E-state index in [9.17, 15) is 13.2 Å². The highest BCUT2D eigenvalue weighted by Gasteiger charge is 2.21. The molecule has 6 nitrogen and oxygen atoms in total. The molecule has 1 heterocycles. The smallest absolute Gasteiger partial charge is 0.267 e. The molecule has 1 aromatic heterocycles. The van der Waals surface area contributed by atoms with Gasteiger partial charge >= 0.3 is 0 Å². The largest absolute Gasteiger partial charge is 0.496 e. The van der Waals surface area contributed by atoms with E-state index in [-0.39, 0.29) is 16.4 Å². The number of carbonyl (C=O) groups is 1. The quantitative estimate of drug-likeness (QED) is 0.857. The number of hydrogen-bond donors (Lipinski definition) is 0. The zero-order valence-corrected chi connectivity index (χ0v) is 12.8. The van der Waals surface area contributed by atoms with Crippen LogP contribution >= 0.6 is 0 Å². The molecule has 2 rings (SSSR count). The Morgan fingerprint density at radius 2 is 1.81 bits per heavy atom. The van der Waals surface area contributed by atoms with E-state index in [1.165, 1.54) is 42.6 Å². The zero-order valence-electron chi connectivity index (χ0n) is 12.0. The summed E-state index contributed by atoms with van der Waals surface area (Å²) in [4.78, 5) is 13.5. The van der Waals surface area contributed by atoms with Crippen LogP contribution in [0.4, 0.5) is 0 Å². The fourth-order valence-electron chi connectivity index (χ4n) is 1.86. The lowest BCUT2D eigenvalue weighted by atomic mass is 10.2. The van der Waals surface area contributed by atoms with Crippen LogP contribution in [0.1, 0.15) is 10.4 Å². The van der Waals surface area contributed by atoms with Crippen molar-refractivity contribution in [3.8, 4) is 5.75 Å². The normalized spacial score (nSPS) is 11.2. The van der Waals surface area contributed by atoms with E-state index in [2.05, 4.69) is 0 Å². The van der Waals surface area contributed by atoms with E-state index in [0.717, 1.165) is 3.97 Å². The van der Waals surface area contributed by atoms with E-state index in [1.54, 1.807) is 26.2 Å². The SMILES string of the molecule is COc1ccc(S(=O)(=O)n2cccc2)cc1C(=O)N(C)C. The fraction of sp³-hybridized carbons (Fsp3) is 0.214. The first-order valence-electron chi connectivity index (χ1n) is 6.16. The Morgan fingerprint density at radius 1 is 1.19 bits per heavy atom. The number of carbonyl (C=O) groups excluding carboxylic acids is 1. The topological polar surface area (TPSA) is 68.6 Å². The average Bonchev–Trinajstić information content (AvgIpc) is 3.00. The van der Waals surface area contributed by atoms with E-state index in [4.69, 9.17) is 4.74 Å². The van der Waals surface area contributed by atoms with Crippen LogP contribution in [0.5, 0.6) is 5.75 Å².